The summed E-state index contributed by atoms with van der Waals surface area (Å²) in [5, 5.41) is 20.5. The third-order valence-corrected chi connectivity index (χ3v) is 7.46. The fourth-order valence-electron chi connectivity index (χ4n) is 5.14. The number of hydrogen-bond donors (Lipinski definition) is 3. The summed E-state index contributed by atoms with van der Waals surface area (Å²) in [6.45, 7) is 7.97. The third-order valence-electron chi connectivity index (χ3n) is 7.46. The number of allylic oxidation sites excluding steroid dienone is 3. The van der Waals surface area contributed by atoms with Gasteiger partial charge in [-0.1, -0.05) is 18.7 Å². The van der Waals surface area contributed by atoms with E-state index in [4.69, 9.17) is 0 Å². The number of H-pyrrole nitrogens is 1. The van der Waals surface area contributed by atoms with E-state index in [-0.39, 0.29) is 30.7 Å². The second kappa shape index (κ2) is 11.7. The van der Waals surface area contributed by atoms with E-state index in [2.05, 4.69) is 32.0 Å². The number of likely N-dealkylation sites (tertiary alicyclic amines) is 2. The highest BCUT2D eigenvalue weighted by molar-refractivity contribution is 6.06. The van der Waals surface area contributed by atoms with Crippen LogP contribution in [0.15, 0.2) is 72.9 Å². The van der Waals surface area contributed by atoms with Crippen molar-refractivity contribution in [2.24, 2.45) is 0 Å². The van der Waals surface area contributed by atoms with E-state index >= 15 is 0 Å². The van der Waals surface area contributed by atoms with Crippen molar-refractivity contribution in [3.63, 3.8) is 0 Å². The number of carbonyl (C=O) groups excluding carboxylic acids is 1. The van der Waals surface area contributed by atoms with Crippen LogP contribution in [0.25, 0.3) is 22.0 Å². The molecular weight excluding hydrogens is 514 g/mol. The van der Waals surface area contributed by atoms with Crippen LogP contribution in [0.1, 0.15) is 42.2 Å². The maximum absolute atomic E-state index is 13.6. The molecular formula is C30H34F2N6O2. The van der Waals surface area contributed by atoms with Crippen molar-refractivity contribution in [2.75, 3.05) is 26.2 Å². The minimum Gasteiger partial charge on any atom is -0.393 e. The molecule has 40 heavy (non-hydrogen) atoms. The lowest BCUT2D eigenvalue weighted by Gasteiger charge is -2.31. The van der Waals surface area contributed by atoms with Crippen LogP contribution in [-0.4, -0.2) is 74.2 Å². The van der Waals surface area contributed by atoms with Crippen molar-refractivity contribution in [1.29, 1.82) is 0 Å². The Bertz CT molecular complexity index is 1460. The number of piperidine rings is 1. The first kappa shape index (κ1) is 27.7. The molecule has 0 atom stereocenters. The van der Waals surface area contributed by atoms with Gasteiger partial charge in [-0.05, 0) is 61.2 Å². The van der Waals surface area contributed by atoms with Crippen LogP contribution in [0.4, 0.5) is 8.78 Å². The molecule has 0 spiro atoms. The zero-order valence-corrected chi connectivity index (χ0v) is 22.5. The first-order valence-corrected chi connectivity index (χ1v) is 13.5. The van der Waals surface area contributed by atoms with E-state index in [9.17, 15) is 18.7 Å². The number of carbonyl (C=O) groups is 1. The molecule has 8 nitrogen and oxygen atoms in total. The average molecular weight is 549 g/mol. The first-order chi connectivity index (χ1) is 19.2. The van der Waals surface area contributed by atoms with Gasteiger partial charge in [0, 0.05) is 67.3 Å². The Morgan fingerprint density at radius 1 is 1.20 bits per heavy atom. The van der Waals surface area contributed by atoms with Crippen molar-refractivity contribution in [3.8, 4) is 11.1 Å². The highest BCUT2D eigenvalue weighted by Gasteiger charge is 2.37. The molecule has 5 rings (SSSR count). The Labute approximate surface area is 232 Å². The summed E-state index contributed by atoms with van der Waals surface area (Å²) < 4.78 is 27.2. The van der Waals surface area contributed by atoms with Gasteiger partial charge in [0.15, 0.2) is 5.69 Å². The number of halogens is 2. The molecule has 0 saturated carbocycles. The molecule has 3 N–H and O–H groups in total. The Kier molecular flexibility index (Phi) is 8.09. The van der Waals surface area contributed by atoms with E-state index < -0.39 is 5.92 Å². The van der Waals surface area contributed by atoms with Crippen molar-refractivity contribution in [1.82, 2.24) is 30.3 Å². The number of fused-ring (bicyclic) bond motifs is 1. The van der Waals surface area contributed by atoms with Gasteiger partial charge in [-0.3, -0.25) is 19.8 Å². The molecule has 2 aliphatic rings. The molecule has 3 aromatic rings. The van der Waals surface area contributed by atoms with Crippen molar-refractivity contribution < 1.29 is 18.7 Å². The van der Waals surface area contributed by atoms with Gasteiger partial charge in [0.05, 0.1) is 18.2 Å². The number of nitrogens with zero attached hydrogens (tertiary/aromatic N) is 4. The van der Waals surface area contributed by atoms with Gasteiger partial charge >= 0.3 is 0 Å². The number of pyridine rings is 1. The molecule has 2 fully saturated rings. The van der Waals surface area contributed by atoms with Gasteiger partial charge in [-0.2, -0.15) is 5.10 Å². The summed E-state index contributed by atoms with van der Waals surface area (Å²) in [6.07, 6.45) is 9.94. The van der Waals surface area contributed by atoms with Gasteiger partial charge in [-0.15, -0.1) is 0 Å². The second-order valence-corrected chi connectivity index (χ2v) is 10.5. The Morgan fingerprint density at radius 3 is 2.73 bits per heavy atom. The van der Waals surface area contributed by atoms with E-state index in [1.807, 2.05) is 37.3 Å². The lowest BCUT2D eigenvalue weighted by Crippen LogP contribution is -2.34. The van der Waals surface area contributed by atoms with Crippen LogP contribution < -0.4 is 5.32 Å². The maximum Gasteiger partial charge on any atom is 0.276 e. The molecule has 0 radical (unpaired) electrons. The fraction of sp³-hybridized carbons (Fsp3) is 0.367. The van der Waals surface area contributed by atoms with Crippen LogP contribution in [0.2, 0.25) is 0 Å². The molecule has 1 amide bonds. The molecule has 2 aliphatic heterocycles. The van der Waals surface area contributed by atoms with Crippen LogP contribution in [0, 0.1) is 0 Å². The molecule has 0 bridgehead atoms. The number of alkyl halides is 2. The van der Waals surface area contributed by atoms with E-state index in [0.29, 0.717) is 37.0 Å². The maximum atomic E-state index is 13.6. The molecule has 2 saturated heterocycles. The summed E-state index contributed by atoms with van der Waals surface area (Å²) >= 11 is 0. The van der Waals surface area contributed by atoms with E-state index in [1.54, 1.807) is 29.4 Å². The number of aliphatic hydroxyl groups excluding tert-OH is 1. The smallest absolute Gasteiger partial charge is 0.276 e. The lowest BCUT2D eigenvalue weighted by molar-refractivity contribution is 0.0115. The Balaban J connectivity index is 1.29. The van der Waals surface area contributed by atoms with Crippen LogP contribution in [0.3, 0.4) is 0 Å². The zero-order valence-electron chi connectivity index (χ0n) is 22.5. The Hall–Kier alpha value is -3.89. The summed E-state index contributed by atoms with van der Waals surface area (Å²) in [4.78, 5) is 21.4. The molecule has 4 heterocycles. The first-order valence-electron chi connectivity index (χ1n) is 13.5. The highest BCUT2D eigenvalue weighted by atomic mass is 19.3. The SMILES string of the molecule is C=C(/C=C\C(=C/C)NC(=O)c1n[nH]c2ccc(-c3cncc(CN4CCC(F)(F)C4)c3)cc12)N1CCC(O)CC1. The normalized spacial score (nSPS) is 18.6. The summed E-state index contributed by atoms with van der Waals surface area (Å²) in [6, 6.07) is 7.61. The van der Waals surface area contributed by atoms with Crippen LogP contribution in [-0.2, 0) is 6.54 Å². The number of aliphatic hydroxyl groups is 1. The number of rotatable bonds is 8. The molecule has 0 unspecified atom stereocenters. The van der Waals surface area contributed by atoms with Gasteiger partial charge in [-0.25, -0.2) is 8.78 Å². The van der Waals surface area contributed by atoms with Gasteiger partial charge in [0.1, 0.15) is 0 Å². The van der Waals surface area contributed by atoms with Crippen molar-refractivity contribution in [2.45, 2.75) is 44.8 Å². The minimum atomic E-state index is -2.64. The zero-order chi connectivity index (χ0) is 28.3. The fourth-order valence-corrected chi connectivity index (χ4v) is 5.14. The number of nitrogens with one attached hydrogen (secondary N) is 2. The summed E-state index contributed by atoms with van der Waals surface area (Å²) in [7, 11) is 0. The molecule has 10 heteroatoms. The number of benzene rings is 1. The number of amides is 1. The lowest BCUT2D eigenvalue weighted by atomic mass is 10.0. The van der Waals surface area contributed by atoms with Gasteiger partial charge in [0.2, 0.25) is 0 Å². The summed E-state index contributed by atoms with van der Waals surface area (Å²) in [5.41, 5.74) is 4.95. The van der Waals surface area contributed by atoms with Crippen LogP contribution in [0.5, 0.6) is 0 Å². The average Bonchev–Trinajstić information content (AvgIpc) is 3.53. The van der Waals surface area contributed by atoms with Crippen molar-refractivity contribution >= 4 is 16.8 Å². The van der Waals surface area contributed by atoms with Gasteiger partial charge < -0.3 is 15.3 Å². The summed E-state index contributed by atoms with van der Waals surface area (Å²) in [5.74, 6) is -2.99. The molecule has 0 aliphatic carbocycles. The van der Waals surface area contributed by atoms with E-state index in [0.717, 1.165) is 41.0 Å². The molecule has 1 aromatic carbocycles. The largest absolute Gasteiger partial charge is 0.393 e. The quantitative estimate of drug-likeness (QED) is 0.356. The van der Waals surface area contributed by atoms with Gasteiger partial charge in [0.25, 0.3) is 11.8 Å². The monoisotopic (exact) mass is 548 g/mol. The predicted octanol–water partition coefficient (Wildman–Crippen LogP) is 4.63. The van der Waals surface area contributed by atoms with Crippen LogP contribution >= 0.6 is 0 Å². The predicted molar refractivity (Wildman–Crippen MR) is 150 cm³/mol. The molecule has 210 valence electrons. The standard InChI is InChI=1S/C30H34F2N6O2/c1-3-24(6-4-20(2)38-11-8-25(39)9-12-38)34-29(40)28-26-15-22(5-7-27(26)35-36-28)23-14-21(16-33-17-23)18-37-13-10-30(31,32)19-37/h3-7,14-17,25,39H,2,8-13,18-19H2,1H3,(H,34,40)(H,35,36)/b6-4-,24-3+. The van der Waals surface area contributed by atoms with E-state index in [1.165, 1.54) is 0 Å². The molecule has 2 aromatic heterocycles. The second-order valence-electron chi connectivity index (χ2n) is 10.5. The Morgan fingerprint density at radius 2 is 2.00 bits per heavy atom. The number of hydrogen-bond acceptors (Lipinski definition) is 6. The third kappa shape index (κ3) is 6.46. The minimum absolute atomic E-state index is 0.120. The topological polar surface area (TPSA) is 97.4 Å². The van der Waals surface area contributed by atoms with Crippen molar-refractivity contribution in [3.05, 3.63) is 84.1 Å². The highest BCUT2D eigenvalue weighted by Crippen LogP contribution is 2.29. The number of aromatic amines is 1. The number of aromatic nitrogens is 3.